The number of alkyl halides is 3. The van der Waals surface area contributed by atoms with E-state index in [9.17, 15) is 21.6 Å². The number of sulfone groups is 1. The van der Waals surface area contributed by atoms with E-state index in [4.69, 9.17) is 5.10 Å². The molecule has 2 aliphatic heterocycles. The molecule has 2 aromatic rings. The van der Waals surface area contributed by atoms with Gasteiger partial charge in [0.1, 0.15) is 0 Å². The van der Waals surface area contributed by atoms with Crippen molar-refractivity contribution in [3.63, 3.8) is 0 Å². The minimum atomic E-state index is -4.34. The van der Waals surface area contributed by atoms with Crippen LogP contribution >= 0.6 is 0 Å². The Balaban J connectivity index is 1.15. The van der Waals surface area contributed by atoms with Gasteiger partial charge in [-0.2, -0.15) is 18.3 Å². The fourth-order valence-electron chi connectivity index (χ4n) is 7.00. The number of rotatable bonds is 4. The molecule has 0 radical (unpaired) electrons. The molecular weight excluding hydrogens is 463 g/mol. The van der Waals surface area contributed by atoms with E-state index in [1.54, 1.807) is 0 Å². The van der Waals surface area contributed by atoms with E-state index in [0.717, 1.165) is 50.2 Å². The quantitative estimate of drug-likeness (QED) is 0.616. The fraction of sp³-hybridized carbons (Fsp3) is 0.640. The Kier molecular flexibility index (Phi) is 4.86. The molecule has 34 heavy (non-hydrogen) atoms. The van der Waals surface area contributed by atoms with Gasteiger partial charge in [0.25, 0.3) is 0 Å². The Morgan fingerprint density at radius 2 is 1.74 bits per heavy atom. The van der Waals surface area contributed by atoms with Crippen molar-refractivity contribution in [2.75, 3.05) is 24.6 Å². The van der Waals surface area contributed by atoms with Gasteiger partial charge >= 0.3 is 6.18 Å². The summed E-state index contributed by atoms with van der Waals surface area (Å²) in [5.41, 5.74) is 1.99. The van der Waals surface area contributed by atoms with Crippen LogP contribution in [0.2, 0.25) is 0 Å². The highest BCUT2D eigenvalue weighted by Gasteiger charge is 2.60. The molecule has 4 atom stereocenters. The van der Waals surface area contributed by atoms with Gasteiger partial charge in [0.15, 0.2) is 9.84 Å². The van der Waals surface area contributed by atoms with Crippen molar-refractivity contribution in [2.45, 2.75) is 57.3 Å². The maximum atomic E-state index is 12.9. The molecule has 4 fully saturated rings. The minimum Gasteiger partial charge on any atom is -0.300 e. The number of nitrogens with zero attached hydrogens (tertiary/aromatic N) is 3. The molecule has 2 saturated carbocycles. The highest BCUT2D eigenvalue weighted by Crippen LogP contribution is 2.64. The molecule has 5 nitrogen and oxygen atoms in total. The van der Waals surface area contributed by atoms with Gasteiger partial charge < -0.3 is 0 Å². The lowest BCUT2D eigenvalue weighted by Gasteiger charge is -2.38. The van der Waals surface area contributed by atoms with E-state index in [1.165, 1.54) is 17.8 Å². The van der Waals surface area contributed by atoms with Gasteiger partial charge in [-0.15, -0.1) is 0 Å². The lowest BCUT2D eigenvalue weighted by Crippen LogP contribution is -2.50. The predicted molar refractivity (Wildman–Crippen MR) is 123 cm³/mol. The molecule has 1 spiro atoms. The molecule has 3 heterocycles. The normalized spacial score (nSPS) is 31.7. The smallest absolute Gasteiger partial charge is 0.300 e. The third-order valence-corrected chi connectivity index (χ3v) is 10.7. The Hall–Kier alpha value is -1.87. The number of halogens is 3. The summed E-state index contributed by atoms with van der Waals surface area (Å²) in [7, 11) is -2.80. The summed E-state index contributed by atoms with van der Waals surface area (Å²) in [5, 5.41) is 4.78. The van der Waals surface area contributed by atoms with Crippen LogP contribution in [0.1, 0.15) is 56.3 Å². The Morgan fingerprint density at radius 3 is 2.29 bits per heavy atom. The van der Waals surface area contributed by atoms with Crippen LogP contribution in [0.25, 0.3) is 11.3 Å². The van der Waals surface area contributed by atoms with Gasteiger partial charge in [0, 0.05) is 41.2 Å². The molecule has 2 unspecified atom stereocenters. The average molecular weight is 494 g/mol. The lowest BCUT2D eigenvalue weighted by atomic mass is 9.91. The first kappa shape index (κ1) is 22.6. The maximum Gasteiger partial charge on any atom is 0.416 e. The first-order chi connectivity index (χ1) is 15.9. The van der Waals surface area contributed by atoms with E-state index >= 15 is 0 Å². The number of hydrogen-bond acceptors (Lipinski definition) is 4. The van der Waals surface area contributed by atoms with Crippen LogP contribution in [-0.4, -0.2) is 53.7 Å². The van der Waals surface area contributed by atoms with Gasteiger partial charge in [-0.3, -0.25) is 9.58 Å². The van der Waals surface area contributed by atoms with Gasteiger partial charge in [-0.1, -0.05) is 12.1 Å². The fourth-order valence-corrected chi connectivity index (χ4v) is 9.25. The van der Waals surface area contributed by atoms with Crippen molar-refractivity contribution in [2.24, 2.45) is 17.3 Å². The van der Waals surface area contributed by atoms with E-state index in [-0.39, 0.29) is 11.5 Å². The molecule has 9 heteroatoms. The summed E-state index contributed by atoms with van der Waals surface area (Å²) in [4.78, 5) is 2.53. The second-order valence-corrected chi connectivity index (χ2v) is 13.4. The standard InChI is InChI=1S/C25H30F3N3O2S/c1-15(2)31-22(11-21(29-31)16-3-5-17(6-4-16)25(26,27)28)23-19-9-18(10-20(19)23)30-8-7-24(12-30)13-34(32,33)14-24/h3-6,11,15,18-20,23H,7-10,12-14H2,1-2H3/t18?,19-,20+,23?. The Morgan fingerprint density at radius 1 is 1.09 bits per heavy atom. The Labute approximate surface area is 198 Å². The molecule has 1 aromatic carbocycles. The average Bonchev–Trinajstić information content (AvgIpc) is 3.18. The zero-order valence-corrected chi connectivity index (χ0v) is 20.2. The SMILES string of the molecule is CC(C)n1nc(-c2ccc(C(F)(F)F)cc2)cc1C1[C@H]2CC(N3CCC4(C3)CS(=O)(=O)C4)C[C@@H]12. The molecular formula is C25H30F3N3O2S. The third-order valence-electron chi connectivity index (χ3n) is 8.56. The number of likely N-dealkylation sites (tertiary alicyclic amines) is 1. The molecule has 2 saturated heterocycles. The topological polar surface area (TPSA) is 55.2 Å². The molecule has 1 aromatic heterocycles. The van der Waals surface area contributed by atoms with Crippen molar-refractivity contribution in [3.05, 3.63) is 41.6 Å². The van der Waals surface area contributed by atoms with Crippen molar-refractivity contribution >= 4 is 9.84 Å². The second-order valence-electron chi connectivity index (χ2n) is 11.3. The second kappa shape index (κ2) is 7.32. The number of hydrogen-bond donors (Lipinski definition) is 0. The maximum absolute atomic E-state index is 12.9. The summed E-state index contributed by atoms with van der Waals surface area (Å²) in [6.07, 6.45) is -1.07. The first-order valence-electron chi connectivity index (χ1n) is 12.2. The molecule has 0 N–H and O–H groups in total. The molecule has 4 aliphatic rings. The molecule has 0 bridgehead atoms. The van der Waals surface area contributed by atoms with Gasteiger partial charge in [-0.05, 0) is 69.7 Å². The van der Waals surface area contributed by atoms with Gasteiger partial charge in [-0.25, -0.2) is 8.42 Å². The van der Waals surface area contributed by atoms with Crippen LogP contribution in [0.3, 0.4) is 0 Å². The van der Waals surface area contributed by atoms with E-state index in [0.29, 0.717) is 40.9 Å². The van der Waals surface area contributed by atoms with Crippen molar-refractivity contribution in [1.29, 1.82) is 0 Å². The van der Waals surface area contributed by atoms with Crippen LogP contribution in [0.5, 0.6) is 0 Å². The molecule has 184 valence electrons. The minimum absolute atomic E-state index is 0.0117. The highest BCUT2D eigenvalue weighted by molar-refractivity contribution is 7.92. The van der Waals surface area contributed by atoms with Crippen molar-refractivity contribution in [3.8, 4) is 11.3 Å². The predicted octanol–water partition coefficient (Wildman–Crippen LogP) is 4.76. The molecule has 2 aliphatic carbocycles. The van der Waals surface area contributed by atoms with E-state index in [1.807, 2.05) is 0 Å². The van der Waals surface area contributed by atoms with Crippen LogP contribution in [0, 0.1) is 17.3 Å². The number of benzene rings is 1. The summed E-state index contributed by atoms with van der Waals surface area (Å²) < 4.78 is 64.3. The first-order valence-corrected chi connectivity index (χ1v) is 14.0. The van der Waals surface area contributed by atoms with Gasteiger partial charge in [0.05, 0.1) is 22.8 Å². The van der Waals surface area contributed by atoms with Crippen molar-refractivity contribution in [1.82, 2.24) is 14.7 Å². The number of aromatic nitrogens is 2. The summed E-state index contributed by atoms with van der Waals surface area (Å²) in [6.45, 7) is 6.10. The van der Waals surface area contributed by atoms with Crippen LogP contribution in [0.4, 0.5) is 13.2 Å². The zero-order chi connectivity index (χ0) is 24.0. The van der Waals surface area contributed by atoms with Gasteiger partial charge in [0.2, 0.25) is 0 Å². The number of fused-ring (bicyclic) bond motifs is 1. The monoisotopic (exact) mass is 493 g/mol. The molecule has 6 rings (SSSR count). The summed E-state index contributed by atoms with van der Waals surface area (Å²) in [6, 6.07) is 8.05. The highest BCUT2D eigenvalue weighted by atomic mass is 32.2. The van der Waals surface area contributed by atoms with Crippen LogP contribution in [-0.2, 0) is 16.0 Å². The van der Waals surface area contributed by atoms with E-state index < -0.39 is 21.6 Å². The van der Waals surface area contributed by atoms with Crippen molar-refractivity contribution < 1.29 is 21.6 Å². The third kappa shape index (κ3) is 3.70. The summed E-state index contributed by atoms with van der Waals surface area (Å²) >= 11 is 0. The lowest BCUT2D eigenvalue weighted by molar-refractivity contribution is -0.137. The van der Waals surface area contributed by atoms with E-state index in [2.05, 4.69) is 29.5 Å². The largest absolute Gasteiger partial charge is 0.416 e. The van der Waals surface area contributed by atoms with Crippen LogP contribution in [0.15, 0.2) is 30.3 Å². The molecule has 0 amide bonds. The zero-order valence-electron chi connectivity index (χ0n) is 19.4. The van der Waals surface area contributed by atoms with Crippen LogP contribution < -0.4 is 0 Å². The summed E-state index contributed by atoms with van der Waals surface area (Å²) in [5.74, 6) is 2.40. The Bertz CT molecular complexity index is 1200.